The van der Waals surface area contributed by atoms with Crippen molar-refractivity contribution in [3.05, 3.63) is 63.9 Å². The standard InChI is InChI=1S/C19H18ClFN2O/c20-16-4-2-1-3-13(16)14-9-15(14)19(24)23-17-6-5-11-10-22-8-7-12(11)18(17)21/h1-6,14-15,22H,7-10H2,(H,23,24). The lowest BCUT2D eigenvalue weighted by molar-refractivity contribution is -0.117. The van der Waals surface area contributed by atoms with Gasteiger partial charge in [0.25, 0.3) is 0 Å². The molecule has 1 aliphatic carbocycles. The molecule has 1 aliphatic heterocycles. The van der Waals surface area contributed by atoms with Crippen molar-refractivity contribution in [1.82, 2.24) is 5.32 Å². The van der Waals surface area contributed by atoms with E-state index in [2.05, 4.69) is 10.6 Å². The number of hydrogen-bond donors (Lipinski definition) is 2. The van der Waals surface area contributed by atoms with E-state index in [1.54, 1.807) is 6.07 Å². The van der Waals surface area contributed by atoms with Gasteiger partial charge in [-0.15, -0.1) is 0 Å². The second-order valence-corrected chi connectivity index (χ2v) is 6.86. The van der Waals surface area contributed by atoms with Crippen LogP contribution in [0.1, 0.15) is 29.0 Å². The Morgan fingerprint density at radius 3 is 2.92 bits per heavy atom. The second-order valence-electron chi connectivity index (χ2n) is 6.45. The highest BCUT2D eigenvalue weighted by Gasteiger charge is 2.45. The third-order valence-corrected chi connectivity index (χ3v) is 5.24. The zero-order valence-corrected chi connectivity index (χ0v) is 13.9. The van der Waals surface area contributed by atoms with Crippen LogP contribution in [0.2, 0.25) is 5.02 Å². The van der Waals surface area contributed by atoms with Crippen molar-refractivity contribution in [2.24, 2.45) is 5.92 Å². The van der Waals surface area contributed by atoms with Crippen molar-refractivity contribution in [2.75, 3.05) is 11.9 Å². The predicted octanol–water partition coefficient (Wildman–Crippen LogP) is 3.87. The predicted molar refractivity (Wildman–Crippen MR) is 92.7 cm³/mol. The molecule has 0 radical (unpaired) electrons. The Hall–Kier alpha value is -1.91. The summed E-state index contributed by atoms with van der Waals surface area (Å²) in [4.78, 5) is 12.5. The van der Waals surface area contributed by atoms with Crippen LogP contribution in [-0.4, -0.2) is 12.5 Å². The lowest BCUT2D eigenvalue weighted by Gasteiger charge is -2.19. The molecule has 1 heterocycles. The summed E-state index contributed by atoms with van der Waals surface area (Å²) in [5, 5.41) is 6.67. The molecule has 1 fully saturated rings. The summed E-state index contributed by atoms with van der Waals surface area (Å²) in [6, 6.07) is 11.1. The maximum absolute atomic E-state index is 14.6. The highest BCUT2D eigenvalue weighted by atomic mass is 35.5. The molecule has 2 atom stereocenters. The molecule has 0 spiro atoms. The van der Waals surface area contributed by atoms with Gasteiger partial charge in [0.1, 0.15) is 5.82 Å². The van der Waals surface area contributed by atoms with Crippen molar-refractivity contribution >= 4 is 23.2 Å². The maximum Gasteiger partial charge on any atom is 0.228 e. The second kappa shape index (κ2) is 6.19. The number of carbonyl (C=O) groups excluding carboxylic acids is 1. The molecular weight excluding hydrogens is 327 g/mol. The molecule has 0 bridgehead atoms. The van der Waals surface area contributed by atoms with E-state index in [9.17, 15) is 9.18 Å². The van der Waals surface area contributed by atoms with Gasteiger partial charge in [-0.1, -0.05) is 35.9 Å². The van der Waals surface area contributed by atoms with Gasteiger partial charge in [0.05, 0.1) is 5.69 Å². The van der Waals surface area contributed by atoms with Crippen molar-refractivity contribution < 1.29 is 9.18 Å². The van der Waals surface area contributed by atoms with Crippen molar-refractivity contribution in [1.29, 1.82) is 0 Å². The number of rotatable bonds is 3. The van der Waals surface area contributed by atoms with Crippen LogP contribution in [-0.2, 0) is 17.8 Å². The lowest BCUT2D eigenvalue weighted by Crippen LogP contribution is -2.25. The first-order valence-electron chi connectivity index (χ1n) is 8.21. The molecule has 124 valence electrons. The minimum Gasteiger partial charge on any atom is -0.323 e. The molecule has 3 nitrogen and oxygen atoms in total. The van der Waals surface area contributed by atoms with Gasteiger partial charge < -0.3 is 10.6 Å². The summed E-state index contributed by atoms with van der Waals surface area (Å²) in [5.41, 5.74) is 2.96. The van der Waals surface area contributed by atoms with E-state index in [0.717, 1.165) is 24.1 Å². The first-order valence-corrected chi connectivity index (χ1v) is 8.59. The van der Waals surface area contributed by atoms with Gasteiger partial charge in [-0.3, -0.25) is 4.79 Å². The van der Waals surface area contributed by atoms with Crippen molar-refractivity contribution in [3.63, 3.8) is 0 Å². The van der Waals surface area contributed by atoms with Crippen LogP contribution in [0.25, 0.3) is 0 Å². The lowest BCUT2D eigenvalue weighted by atomic mass is 9.99. The van der Waals surface area contributed by atoms with E-state index >= 15 is 0 Å². The number of anilines is 1. The molecule has 0 saturated heterocycles. The zero-order valence-electron chi connectivity index (χ0n) is 13.1. The maximum atomic E-state index is 14.6. The highest BCUT2D eigenvalue weighted by Crippen LogP contribution is 2.50. The minimum absolute atomic E-state index is 0.128. The molecule has 1 amide bonds. The number of benzene rings is 2. The van der Waals surface area contributed by atoms with Gasteiger partial charge in [0, 0.05) is 17.5 Å². The van der Waals surface area contributed by atoms with Crippen LogP contribution in [0.3, 0.4) is 0 Å². The Balaban J connectivity index is 1.49. The number of nitrogens with one attached hydrogen (secondary N) is 2. The largest absolute Gasteiger partial charge is 0.323 e. The normalized spacial score (nSPS) is 21.9. The van der Waals surface area contributed by atoms with Crippen LogP contribution >= 0.6 is 11.6 Å². The fourth-order valence-corrected chi connectivity index (χ4v) is 3.74. The minimum atomic E-state index is -0.294. The van der Waals surface area contributed by atoms with E-state index < -0.39 is 0 Å². The molecule has 2 N–H and O–H groups in total. The number of carbonyl (C=O) groups is 1. The summed E-state index contributed by atoms with van der Waals surface area (Å²) >= 11 is 6.20. The zero-order chi connectivity index (χ0) is 16.7. The van der Waals surface area contributed by atoms with E-state index in [0.29, 0.717) is 23.6 Å². The highest BCUT2D eigenvalue weighted by molar-refractivity contribution is 6.31. The molecule has 2 unspecified atom stereocenters. The average molecular weight is 345 g/mol. The van der Waals surface area contributed by atoms with E-state index in [1.165, 1.54) is 0 Å². The quantitative estimate of drug-likeness (QED) is 0.887. The summed E-state index contributed by atoms with van der Waals surface area (Å²) in [6.45, 7) is 1.44. The monoisotopic (exact) mass is 344 g/mol. The van der Waals surface area contributed by atoms with Gasteiger partial charge >= 0.3 is 0 Å². The van der Waals surface area contributed by atoms with Gasteiger partial charge in [0.2, 0.25) is 5.91 Å². The van der Waals surface area contributed by atoms with Crippen molar-refractivity contribution in [2.45, 2.75) is 25.3 Å². The van der Waals surface area contributed by atoms with Crippen LogP contribution < -0.4 is 10.6 Å². The van der Waals surface area contributed by atoms with Crippen LogP contribution in [0, 0.1) is 11.7 Å². The summed E-state index contributed by atoms with van der Waals surface area (Å²) in [5.74, 6) is -0.435. The summed E-state index contributed by atoms with van der Waals surface area (Å²) in [6.07, 6.45) is 1.41. The van der Waals surface area contributed by atoms with Crippen LogP contribution in [0.5, 0.6) is 0 Å². The molecule has 4 rings (SSSR count). The van der Waals surface area contributed by atoms with Gasteiger partial charge in [0.15, 0.2) is 0 Å². The van der Waals surface area contributed by atoms with Gasteiger partial charge in [-0.25, -0.2) is 4.39 Å². The molecular formula is C19H18ClFN2O. The number of amides is 1. The van der Waals surface area contributed by atoms with E-state index in [-0.39, 0.29) is 29.2 Å². The SMILES string of the molecule is O=C(Nc1ccc2c(c1F)CCNC2)C1CC1c1ccccc1Cl. The van der Waals surface area contributed by atoms with E-state index in [1.807, 2.05) is 30.3 Å². The molecule has 2 aliphatic rings. The average Bonchev–Trinajstić information content (AvgIpc) is 3.39. The smallest absolute Gasteiger partial charge is 0.228 e. The topological polar surface area (TPSA) is 41.1 Å². The third kappa shape index (κ3) is 2.80. The Morgan fingerprint density at radius 2 is 2.08 bits per heavy atom. The summed E-state index contributed by atoms with van der Waals surface area (Å²) < 4.78 is 14.6. The molecule has 1 saturated carbocycles. The summed E-state index contributed by atoms with van der Waals surface area (Å²) in [7, 11) is 0. The van der Waals surface area contributed by atoms with Crippen LogP contribution in [0.4, 0.5) is 10.1 Å². The first kappa shape index (κ1) is 15.6. The Morgan fingerprint density at radius 1 is 1.25 bits per heavy atom. The molecule has 24 heavy (non-hydrogen) atoms. The number of hydrogen-bond acceptors (Lipinski definition) is 2. The Bertz CT molecular complexity index is 808. The van der Waals surface area contributed by atoms with E-state index in [4.69, 9.17) is 11.6 Å². The fraction of sp³-hybridized carbons (Fsp3) is 0.316. The molecule has 2 aromatic carbocycles. The van der Waals surface area contributed by atoms with Crippen molar-refractivity contribution in [3.8, 4) is 0 Å². The van der Waals surface area contributed by atoms with Gasteiger partial charge in [-0.2, -0.15) is 0 Å². The number of halogens is 2. The fourth-order valence-electron chi connectivity index (χ4n) is 3.46. The van der Waals surface area contributed by atoms with Gasteiger partial charge in [-0.05, 0) is 54.1 Å². The molecule has 5 heteroatoms. The number of fused-ring (bicyclic) bond motifs is 1. The first-order chi connectivity index (χ1) is 11.6. The molecule has 0 aromatic heterocycles. The Kier molecular flexibility index (Phi) is 4.02. The van der Waals surface area contributed by atoms with Crippen LogP contribution in [0.15, 0.2) is 36.4 Å². The molecule has 2 aromatic rings. The Labute approximate surface area is 145 Å². The third-order valence-electron chi connectivity index (χ3n) is 4.90.